The fraction of sp³-hybridized carbons (Fsp3) is 0.158. The summed E-state index contributed by atoms with van der Waals surface area (Å²) in [4.78, 5) is 12.9. The van der Waals surface area contributed by atoms with Crippen LogP contribution in [0.4, 0.5) is 18.9 Å². The van der Waals surface area contributed by atoms with Gasteiger partial charge in [-0.1, -0.05) is 42.5 Å². The second-order valence-corrected chi connectivity index (χ2v) is 6.39. The quantitative estimate of drug-likeness (QED) is 0.689. The van der Waals surface area contributed by atoms with Crippen LogP contribution in [0.1, 0.15) is 24.1 Å². The molecule has 1 heterocycles. The van der Waals surface area contributed by atoms with E-state index in [0.29, 0.717) is 10.8 Å². The van der Waals surface area contributed by atoms with Gasteiger partial charge in [-0.2, -0.15) is 13.2 Å². The average molecular weight is 391 g/mol. The molecule has 0 aliphatic carbocycles. The average Bonchev–Trinajstić information content (AvgIpc) is 2.61. The molecule has 1 atom stereocenters. The summed E-state index contributed by atoms with van der Waals surface area (Å²) < 4.78 is 39.6. The SMILES string of the molecule is CC1=C(C(=O)Nc2ccccc2C(F)(F)F)[C@H](c2ccccc2)NC(=S)N1. The Bertz CT molecular complexity index is 910. The van der Waals surface area contributed by atoms with Gasteiger partial charge in [0.2, 0.25) is 0 Å². The van der Waals surface area contributed by atoms with Crippen molar-refractivity contribution in [3.05, 3.63) is 77.0 Å². The molecule has 8 heteroatoms. The first kappa shape index (κ1) is 18.9. The predicted octanol–water partition coefficient (Wildman–Crippen LogP) is 4.14. The molecule has 2 aromatic rings. The Labute approximate surface area is 159 Å². The van der Waals surface area contributed by atoms with Gasteiger partial charge in [0.05, 0.1) is 22.9 Å². The highest BCUT2D eigenvalue weighted by Crippen LogP contribution is 2.35. The first-order chi connectivity index (χ1) is 12.8. The maximum absolute atomic E-state index is 13.2. The van der Waals surface area contributed by atoms with Crippen molar-refractivity contribution in [2.75, 3.05) is 5.32 Å². The van der Waals surface area contributed by atoms with Crippen molar-refractivity contribution in [3.63, 3.8) is 0 Å². The van der Waals surface area contributed by atoms with Gasteiger partial charge in [-0.15, -0.1) is 0 Å². The normalized spacial score (nSPS) is 17.2. The summed E-state index contributed by atoms with van der Waals surface area (Å²) in [6.07, 6.45) is -4.57. The Morgan fingerprint density at radius 3 is 2.37 bits per heavy atom. The second kappa shape index (κ2) is 7.40. The van der Waals surface area contributed by atoms with Crippen molar-refractivity contribution in [1.29, 1.82) is 0 Å². The lowest BCUT2D eigenvalue weighted by Crippen LogP contribution is -2.45. The highest BCUT2D eigenvalue weighted by atomic mass is 32.1. The fourth-order valence-electron chi connectivity index (χ4n) is 2.92. The summed E-state index contributed by atoms with van der Waals surface area (Å²) in [5, 5.41) is 8.59. The van der Waals surface area contributed by atoms with Crippen LogP contribution in [0.2, 0.25) is 0 Å². The van der Waals surface area contributed by atoms with Gasteiger partial charge in [-0.3, -0.25) is 4.79 Å². The number of amides is 1. The van der Waals surface area contributed by atoms with E-state index in [2.05, 4.69) is 16.0 Å². The highest BCUT2D eigenvalue weighted by Gasteiger charge is 2.35. The van der Waals surface area contributed by atoms with E-state index in [4.69, 9.17) is 12.2 Å². The minimum absolute atomic E-state index is 0.270. The number of allylic oxidation sites excluding steroid dienone is 1. The smallest absolute Gasteiger partial charge is 0.351 e. The number of para-hydroxylation sites is 1. The van der Waals surface area contributed by atoms with Gasteiger partial charge in [-0.05, 0) is 36.8 Å². The van der Waals surface area contributed by atoms with Crippen LogP contribution in [0.5, 0.6) is 0 Å². The molecule has 3 N–H and O–H groups in total. The van der Waals surface area contributed by atoms with Gasteiger partial charge in [0.25, 0.3) is 5.91 Å². The molecule has 2 aromatic carbocycles. The lowest BCUT2D eigenvalue weighted by atomic mass is 9.95. The molecule has 140 valence electrons. The van der Waals surface area contributed by atoms with E-state index in [-0.39, 0.29) is 11.3 Å². The van der Waals surface area contributed by atoms with Gasteiger partial charge in [0.15, 0.2) is 5.11 Å². The molecule has 0 saturated carbocycles. The van der Waals surface area contributed by atoms with Gasteiger partial charge >= 0.3 is 6.18 Å². The number of hydrogen-bond acceptors (Lipinski definition) is 2. The van der Waals surface area contributed by atoms with Gasteiger partial charge in [-0.25, -0.2) is 0 Å². The molecule has 0 spiro atoms. The first-order valence-electron chi connectivity index (χ1n) is 8.08. The Balaban J connectivity index is 1.97. The van der Waals surface area contributed by atoms with E-state index in [1.54, 1.807) is 6.92 Å². The number of benzene rings is 2. The number of alkyl halides is 3. The summed E-state index contributed by atoms with van der Waals surface area (Å²) in [5.74, 6) is -0.638. The van der Waals surface area contributed by atoms with Crippen molar-refractivity contribution in [1.82, 2.24) is 10.6 Å². The van der Waals surface area contributed by atoms with Crippen LogP contribution in [-0.4, -0.2) is 11.0 Å². The zero-order valence-electron chi connectivity index (χ0n) is 14.2. The molecule has 27 heavy (non-hydrogen) atoms. The van der Waals surface area contributed by atoms with E-state index in [9.17, 15) is 18.0 Å². The number of halogens is 3. The van der Waals surface area contributed by atoms with Crippen LogP contribution < -0.4 is 16.0 Å². The van der Waals surface area contributed by atoms with Crippen LogP contribution in [0.25, 0.3) is 0 Å². The maximum atomic E-state index is 13.2. The highest BCUT2D eigenvalue weighted by molar-refractivity contribution is 7.80. The molecule has 0 saturated heterocycles. The molecule has 3 rings (SSSR count). The summed E-state index contributed by atoms with van der Waals surface area (Å²) in [6.45, 7) is 1.66. The molecule has 4 nitrogen and oxygen atoms in total. The number of hydrogen-bond donors (Lipinski definition) is 3. The Kier molecular flexibility index (Phi) is 5.18. The van der Waals surface area contributed by atoms with E-state index in [1.165, 1.54) is 18.2 Å². The molecule has 0 fully saturated rings. The Morgan fingerprint density at radius 2 is 1.70 bits per heavy atom. The molecule has 0 radical (unpaired) electrons. The largest absolute Gasteiger partial charge is 0.418 e. The van der Waals surface area contributed by atoms with E-state index in [1.807, 2.05) is 30.3 Å². The molecular weight excluding hydrogens is 375 g/mol. The summed E-state index contributed by atoms with van der Waals surface area (Å²) in [7, 11) is 0. The molecule has 1 aliphatic rings. The van der Waals surface area contributed by atoms with E-state index < -0.39 is 23.7 Å². The number of carbonyl (C=O) groups excluding carboxylic acids is 1. The third-order valence-corrected chi connectivity index (χ3v) is 4.35. The number of carbonyl (C=O) groups is 1. The zero-order chi connectivity index (χ0) is 19.6. The molecule has 1 aliphatic heterocycles. The number of thiocarbonyl (C=S) groups is 1. The Hall–Kier alpha value is -2.87. The molecule has 0 bridgehead atoms. The molecular formula is C19H16F3N3OS. The van der Waals surface area contributed by atoms with Crippen LogP contribution in [0, 0.1) is 0 Å². The van der Waals surface area contributed by atoms with Crippen molar-refractivity contribution in [3.8, 4) is 0 Å². The van der Waals surface area contributed by atoms with E-state index in [0.717, 1.165) is 11.6 Å². The third kappa shape index (κ3) is 4.11. The van der Waals surface area contributed by atoms with Crippen LogP contribution >= 0.6 is 12.2 Å². The predicted molar refractivity (Wildman–Crippen MR) is 101 cm³/mol. The zero-order valence-corrected chi connectivity index (χ0v) is 15.0. The monoisotopic (exact) mass is 391 g/mol. The summed E-state index contributed by atoms with van der Waals surface area (Å²) in [6, 6.07) is 13.4. The third-order valence-electron chi connectivity index (χ3n) is 4.13. The summed E-state index contributed by atoms with van der Waals surface area (Å²) in [5.41, 5.74) is 0.326. The van der Waals surface area contributed by atoms with Crippen molar-refractivity contribution >= 4 is 28.9 Å². The van der Waals surface area contributed by atoms with Crippen LogP contribution in [0.3, 0.4) is 0 Å². The van der Waals surface area contributed by atoms with Crippen LogP contribution in [-0.2, 0) is 11.0 Å². The van der Waals surface area contributed by atoms with Crippen molar-refractivity contribution in [2.24, 2.45) is 0 Å². The molecule has 1 amide bonds. The summed E-state index contributed by atoms with van der Waals surface area (Å²) >= 11 is 5.16. The topological polar surface area (TPSA) is 53.2 Å². The standard InChI is InChI=1S/C19H16F3N3OS/c1-11-15(16(25-18(27)23-11)12-7-3-2-4-8-12)17(26)24-14-10-6-5-9-13(14)19(20,21)22/h2-10,16H,1H3,(H,24,26)(H2,23,25,27)/t16-/m0/s1. The maximum Gasteiger partial charge on any atom is 0.418 e. The van der Waals surface area contributed by atoms with Crippen LogP contribution in [0.15, 0.2) is 65.9 Å². The number of nitrogens with one attached hydrogen (secondary N) is 3. The van der Waals surface area contributed by atoms with Crippen molar-refractivity contribution in [2.45, 2.75) is 19.1 Å². The molecule has 0 unspecified atom stereocenters. The minimum atomic E-state index is -4.57. The van der Waals surface area contributed by atoms with E-state index >= 15 is 0 Å². The number of anilines is 1. The van der Waals surface area contributed by atoms with Crippen molar-refractivity contribution < 1.29 is 18.0 Å². The van der Waals surface area contributed by atoms with Gasteiger partial charge in [0.1, 0.15) is 0 Å². The number of rotatable bonds is 3. The fourth-order valence-corrected chi connectivity index (χ4v) is 3.19. The van der Waals surface area contributed by atoms with Gasteiger partial charge < -0.3 is 16.0 Å². The second-order valence-electron chi connectivity index (χ2n) is 5.98. The Morgan fingerprint density at radius 1 is 1.07 bits per heavy atom. The lowest BCUT2D eigenvalue weighted by molar-refractivity contribution is -0.137. The minimum Gasteiger partial charge on any atom is -0.351 e. The van der Waals surface area contributed by atoms with Gasteiger partial charge in [0, 0.05) is 5.70 Å². The lowest BCUT2D eigenvalue weighted by Gasteiger charge is -2.30. The molecule has 0 aromatic heterocycles. The first-order valence-corrected chi connectivity index (χ1v) is 8.49.